The Morgan fingerprint density at radius 2 is 0.746 bits per heavy atom. The molecule has 0 heterocycles. The van der Waals surface area contributed by atoms with Gasteiger partial charge < -0.3 is 20.3 Å². The van der Waals surface area contributed by atoms with E-state index in [-0.39, 0.29) is 18.5 Å². The number of esters is 1. The molecule has 0 aromatic heterocycles. The molecule has 0 spiro atoms. The molecule has 0 aliphatic rings. The lowest BCUT2D eigenvalue weighted by atomic mass is 10.0. The molecule has 0 aromatic rings. The number of hydrogen-bond donors (Lipinski definition) is 3. The summed E-state index contributed by atoms with van der Waals surface area (Å²) in [5, 5.41) is 23.2. The number of carbonyl (C=O) groups is 2. The van der Waals surface area contributed by atoms with Crippen molar-refractivity contribution in [2.24, 2.45) is 0 Å². The third-order valence-electron chi connectivity index (χ3n) is 14.0. The van der Waals surface area contributed by atoms with Crippen LogP contribution in [0, 0.1) is 0 Å². The van der Waals surface area contributed by atoms with Crippen LogP contribution in [0.1, 0.15) is 328 Å². The second-order valence-electron chi connectivity index (χ2n) is 20.7. The SMILES string of the molecule is CCCCCC/C=C\C/C=C\CCCCCCCC(=O)OCCCCCCCCCCCCCCCCCCCCCCCCCC(=O)NC(CO)C(O)CCCCCCCCCCCCC. The summed E-state index contributed by atoms with van der Waals surface area (Å²) >= 11 is 0. The molecule has 0 bridgehead atoms. The molecule has 0 saturated carbocycles. The van der Waals surface area contributed by atoms with Crippen LogP contribution in [-0.2, 0) is 14.3 Å². The molecule has 0 rings (SSSR count). The molecule has 0 radical (unpaired) electrons. The van der Waals surface area contributed by atoms with Gasteiger partial charge in [-0.25, -0.2) is 0 Å². The Bertz CT molecular complexity index is 1040. The Kier molecular flexibility index (Phi) is 55.5. The maximum absolute atomic E-state index is 12.4. The molecule has 2 unspecified atom stereocenters. The number of nitrogens with one attached hydrogen (secondary N) is 1. The summed E-state index contributed by atoms with van der Waals surface area (Å²) in [6.45, 7) is 4.93. The molecule has 6 nitrogen and oxygen atoms in total. The van der Waals surface area contributed by atoms with Gasteiger partial charge in [0.25, 0.3) is 0 Å². The minimum atomic E-state index is -0.662. The van der Waals surface area contributed by atoms with Crippen molar-refractivity contribution in [3.05, 3.63) is 24.3 Å². The van der Waals surface area contributed by atoms with E-state index in [4.69, 9.17) is 4.74 Å². The molecule has 1 amide bonds. The molecular formula is C61H117NO5. The lowest BCUT2D eigenvalue weighted by molar-refractivity contribution is -0.143. The lowest BCUT2D eigenvalue weighted by Crippen LogP contribution is -2.45. The van der Waals surface area contributed by atoms with E-state index < -0.39 is 12.1 Å². The van der Waals surface area contributed by atoms with E-state index in [9.17, 15) is 19.8 Å². The van der Waals surface area contributed by atoms with Crippen molar-refractivity contribution >= 4 is 11.9 Å². The van der Waals surface area contributed by atoms with E-state index in [0.717, 1.165) is 51.4 Å². The first-order chi connectivity index (χ1) is 33.0. The van der Waals surface area contributed by atoms with E-state index in [2.05, 4.69) is 43.5 Å². The number of allylic oxidation sites excluding steroid dienone is 4. The quantitative estimate of drug-likeness (QED) is 0.0321. The van der Waals surface area contributed by atoms with Crippen molar-refractivity contribution in [1.29, 1.82) is 0 Å². The highest BCUT2D eigenvalue weighted by Crippen LogP contribution is 2.18. The minimum absolute atomic E-state index is 0.00110. The third-order valence-corrected chi connectivity index (χ3v) is 14.0. The number of hydrogen-bond acceptors (Lipinski definition) is 5. The summed E-state index contributed by atoms with van der Waals surface area (Å²) in [6.07, 6.45) is 69.0. The van der Waals surface area contributed by atoms with Crippen molar-refractivity contribution in [3.8, 4) is 0 Å². The van der Waals surface area contributed by atoms with Crippen molar-refractivity contribution in [2.75, 3.05) is 13.2 Å². The number of amides is 1. The predicted octanol–water partition coefficient (Wildman–Crippen LogP) is 18.6. The summed E-state index contributed by atoms with van der Waals surface area (Å²) in [4.78, 5) is 24.5. The summed E-state index contributed by atoms with van der Waals surface area (Å²) in [5.41, 5.74) is 0. The number of aliphatic hydroxyl groups is 2. The number of carbonyl (C=O) groups excluding carboxylic acids is 2. The maximum Gasteiger partial charge on any atom is 0.305 e. The van der Waals surface area contributed by atoms with Crippen LogP contribution in [0.2, 0.25) is 0 Å². The van der Waals surface area contributed by atoms with Crippen LogP contribution in [0.3, 0.4) is 0 Å². The minimum Gasteiger partial charge on any atom is -0.466 e. The van der Waals surface area contributed by atoms with Crippen LogP contribution in [0.4, 0.5) is 0 Å². The smallest absolute Gasteiger partial charge is 0.305 e. The van der Waals surface area contributed by atoms with Gasteiger partial charge in [0, 0.05) is 12.8 Å². The van der Waals surface area contributed by atoms with Gasteiger partial charge in [0.15, 0.2) is 0 Å². The average molecular weight is 945 g/mol. The summed E-state index contributed by atoms with van der Waals surface area (Å²) in [6, 6.07) is -0.539. The monoisotopic (exact) mass is 944 g/mol. The van der Waals surface area contributed by atoms with Gasteiger partial charge in [0.05, 0.1) is 25.4 Å². The second kappa shape index (κ2) is 56.9. The summed E-state index contributed by atoms with van der Waals surface area (Å²) < 4.78 is 5.48. The molecule has 3 N–H and O–H groups in total. The fourth-order valence-electron chi connectivity index (χ4n) is 9.38. The van der Waals surface area contributed by atoms with Crippen molar-refractivity contribution in [1.82, 2.24) is 5.32 Å². The van der Waals surface area contributed by atoms with E-state index in [0.29, 0.717) is 25.9 Å². The van der Waals surface area contributed by atoms with Gasteiger partial charge in [-0.3, -0.25) is 9.59 Å². The number of unbranched alkanes of at least 4 members (excludes halogenated alkanes) is 41. The van der Waals surface area contributed by atoms with Crippen molar-refractivity contribution in [3.63, 3.8) is 0 Å². The van der Waals surface area contributed by atoms with Crippen LogP contribution in [0.15, 0.2) is 24.3 Å². The van der Waals surface area contributed by atoms with Gasteiger partial charge in [-0.1, -0.05) is 282 Å². The Morgan fingerprint density at radius 3 is 1.15 bits per heavy atom. The fourth-order valence-corrected chi connectivity index (χ4v) is 9.38. The molecule has 0 aliphatic carbocycles. The normalized spacial score (nSPS) is 12.7. The van der Waals surface area contributed by atoms with Crippen LogP contribution < -0.4 is 5.32 Å². The Labute approximate surface area is 418 Å². The molecule has 396 valence electrons. The highest BCUT2D eigenvalue weighted by molar-refractivity contribution is 5.76. The second-order valence-corrected chi connectivity index (χ2v) is 20.7. The first-order valence-electron chi connectivity index (χ1n) is 30.1. The molecule has 67 heavy (non-hydrogen) atoms. The van der Waals surface area contributed by atoms with E-state index in [1.165, 1.54) is 244 Å². The van der Waals surface area contributed by atoms with E-state index in [1.54, 1.807) is 0 Å². The van der Waals surface area contributed by atoms with Crippen LogP contribution in [-0.4, -0.2) is 47.4 Å². The Balaban J connectivity index is 3.35. The van der Waals surface area contributed by atoms with Crippen molar-refractivity contribution in [2.45, 2.75) is 341 Å². The van der Waals surface area contributed by atoms with Gasteiger partial charge in [0.1, 0.15) is 0 Å². The largest absolute Gasteiger partial charge is 0.466 e. The zero-order valence-electron chi connectivity index (χ0n) is 45.1. The van der Waals surface area contributed by atoms with Crippen molar-refractivity contribution < 1.29 is 24.5 Å². The number of aliphatic hydroxyl groups excluding tert-OH is 2. The molecule has 0 fully saturated rings. The number of rotatable bonds is 56. The molecule has 6 heteroatoms. The zero-order chi connectivity index (χ0) is 48.6. The van der Waals surface area contributed by atoms with Gasteiger partial charge in [-0.15, -0.1) is 0 Å². The van der Waals surface area contributed by atoms with Gasteiger partial charge in [0.2, 0.25) is 5.91 Å². The van der Waals surface area contributed by atoms with Crippen LogP contribution in [0.5, 0.6) is 0 Å². The topological polar surface area (TPSA) is 95.9 Å². The van der Waals surface area contributed by atoms with Crippen LogP contribution in [0.25, 0.3) is 0 Å². The molecule has 0 aromatic carbocycles. The molecule has 0 saturated heterocycles. The van der Waals surface area contributed by atoms with Gasteiger partial charge in [-0.2, -0.15) is 0 Å². The van der Waals surface area contributed by atoms with E-state index >= 15 is 0 Å². The molecule has 0 aliphatic heterocycles. The molecular weight excluding hydrogens is 827 g/mol. The van der Waals surface area contributed by atoms with E-state index in [1.807, 2.05) is 0 Å². The highest BCUT2D eigenvalue weighted by Gasteiger charge is 2.20. The fraction of sp³-hybridized carbons (Fsp3) is 0.902. The standard InChI is InChI=1S/C61H117NO5/c1-3-5-7-9-11-13-15-16-17-28-31-35-39-43-47-51-55-61(66)67-56-52-48-44-40-36-32-29-26-24-22-20-18-19-21-23-25-27-30-34-38-42-46-50-54-60(65)62-58(57-63)59(64)53-49-45-41-37-33-14-12-10-8-6-4-2/h13,15,17,28,58-59,63-64H,3-12,14,16,18-27,29-57H2,1-2H3,(H,62,65)/b15-13-,28-17-. The Morgan fingerprint density at radius 1 is 0.418 bits per heavy atom. The first kappa shape index (κ1) is 65.3. The molecule has 2 atom stereocenters. The van der Waals surface area contributed by atoms with Gasteiger partial charge >= 0.3 is 5.97 Å². The predicted molar refractivity (Wildman–Crippen MR) is 292 cm³/mol. The zero-order valence-corrected chi connectivity index (χ0v) is 45.1. The highest BCUT2D eigenvalue weighted by atomic mass is 16.5. The maximum atomic E-state index is 12.4. The summed E-state index contributed by atoms with van der Waals surface area (Å²) in [5.74, 6) is -0.0337. The average Bonchev–Trinajstić information content (AvgIpc) is 3.33. The lowest BCUT2D eigenvalue weighted by Gasteiger charge is -2.22. The first-order valence-corrected chi connectivity index (χ1v) is 30.1. The number of ether oxygens (including phenoxy) is 1. The Hall–Kier alpha value is -1.66. The van der Waals surface area contributed by atoms with Crippen LogP contribution >= 0.6 is 0 Å². The van der Waals surface area contributed by atoms with Gasteiger partial charge in [-0.05, 0) is 57.8 Å². The summed E-state index contributed by atoms with van der Waals surface area (Å²) in [7, 11) is 0. The third kappa shape index (κ3) is 53.5.